The lowest BCUT2D eigenvalue weighted by Gasteiger charge is -2.37. The molecular weight excluding hydrogens is 504 g/mol. The summed E-state index contributed by atoms with van der Waals surface area (Å²) in [6, 6.07) is 29.9. The van der Waals surface area contributed by atoms with Gasteiger partial charge in [-0.25, -0.2) is 0 Å². The number of hydrogen-bond acceptors (Lipinski definition) is 4. The highest BCUT2D eigenvalue weighted by atomic mass is 16.2. The number of nitriles is 1. The Morgan fingerprint density at radius 2 is 1.56 bits per heavy atom. The van der Waals surface area contributed by atoms with Crippen molar-refractivity contribution in [2.45, 2.75) is 50.5 Å². The minimum absolute atomic E-state index is 0.0401. The molecule has 0 aromatic heterocycles. The summed E-state index contributed by atoms with van der Waals surface area (Å²) in [4.78, 5) is 20.6. The molecule has 41 heavy (non-hydrogen) atoms. The number of benzene rings is 3. The second-order valence-corrected chi connectivity index (χ2v) is 11.4. The smallest absolute Gasteiger partial charge is 0.255 e. The lowest BCUT2D eigenvalue weighted by atomic mass is 9.88. The van der Waals surface area contributed by atoms with E-state index in [0.717, 1.165) is 70.5 Å². The Morgan fingerprint density at radius 3 is 2.15 bits per heavy atom. The molecule has 0 unspecified atom stereocenters. The van der Waals surface area contributed by atoms with Crippen LogP contribution in [0.1, 0.15) is 71.5 Å². The number of carbonyl (C=O) groups is 1. The van der Waals surface area contributed by atoms with Gasteiger partial charge < -0.3 is 9.80 Å². The van der Waals surface area contributed by atoms with Gasteiger partial charge >= 0.3 is 0 Å². The van der Waals surface area contributed by atoms with Gasteiger partial charge in [-0.1, -0.05) is 86.0 Å². The van der Waals surface area contributed by atoms with Crippen molar-refractivity contribution >= 4 is 11.6 Å². The molecule has 2 aliphatic rings. The fourth-order valence-corrected chi connectivity index (χ4v) is 6.53. The summed E-state index contributed by atoms with van der Waals surface area (Å²) in [5.41, 5.74) is 4.74. The minimum Gasteiger partial charge on any atom is -0.369 e. The molecule has 3 aromatic rings. The van der Waals surface area contributed by atoms with Crippen molar-refractivity contribution in [1.82, 2.24) is 9.80 Å². The van der Waals surface area contributed by atoms with Gasteiger partial charge in [0.15, 0.2) is 0 Å². The fraction of sp³-hybridized carbons (Fsp3) is 0.389. The van der Waals surface area contributed by atoms with Gasteiger partial charge in [-0.05, 0) is 55.1 Å². The Labute approximate surface area is 245 Å². The quantitative estimate of drug-likeness (QED) is 0.261. The van der Waals surface area contributed by atoms with E-state index < -0.39 is 0 Å². The predicted octanol–water partition coefficient (Wildman–Crippen LogP) is 6.86. The third kappa shape index (κ3) is 7.07. The average molecular weight is 547 g/mol. The van der Waals surface area contributed by atoms with E-state index in [4.69, 9.17) is 0 Å². The van der Waals surface area contributed by atoms with E-state index >= 15 is 0 Å². The van der Waals surface area contributed by atoms with Gasteiger partial charge in [-0.3, -0.25) is 9.69 Å². The van der Waals surface area contributed by atoms with E-state index in [-0.39, 0.29) is 11.9 Å². The Balaban J connectivity index is 1.24. The van der Waals surface area contributed by atoms with E-state index in [1.807, 2.05) is 29.2 Å². The maximum atomic E-state index is 13.8. The highest BCUT2D eigenvalue weighted by Crippen LogP contribution is 2.30. The van der Waals surface area contributed by atoms with Crippen LogP contribution in [0.2, 0.25) is 0 Å². The van der Waals surface area contributed by atoms with Crippen molar-refractivity contribution in [2.24, 2.45) is 0 Å². The van der Waals surface area contributed by atoms with Gasteiger partial charge in [0.2, 0.25) is 0 Å². The summed E-state index contributed by atoms with van der Waals surface area (Å²) in [5, 5.41) is 9.83. The number of carbonyl (C=O) groups excluding carboxylic acids is 1. The maximum Gasteiger partial charge on any atom is 0.255 e. The summed E-state index contributed by atoms with van der Waals surface area (Å²) in [5.74, 6) is 0.340. The van der Waals surface area contributed by atoms with Crippen molar-refractivity contribution in [2.75, 3.05) is 44.2 Å². The normalized spacial score (nSPS) is 16.3. The first-order valence-electron chi connectivity index (χ1n) is 15.2. The van der Waals surface area contributed by atoms with Crippen LogP contribution in [0.5, 0.6) is 0 Å². The third-order valence-electron chi connectivity index (χ3n) is 8.83. The topological polar surface area (TPSA) is 50.6 Å². The molecule has 1 heterocycles. The average Bonchev–Trinajstić information content (AvgIpc) is 3.05. The maximum absolute atomic E-state index is 13.8. The van der Waals surface area contributed by atoms with Crippen LogP contribution in [0, 0.1) is 11.3 Å². The van der Waals surface area contributed by atoms with Gasteiger partial charge in [0.1, 0.15) is 0 Å². The molecule has 1 saturated heterocycles. The number of hydrogen-bond donors (Lipinski definition) is 0. The second kappa shape index (κ2) is 14.1. The highest BCUT2D eigenvalue weighted by molar-refractivity contribution is 5.98. The van der Waals surface area contributed by atoms with Gasteiger partial charge in [0, 0.05) is 50.4 Å². The molecule has 1 aliphatic carbocycles. The second-order valence-electron chi connectivity index (χ2n) is 11.4. The van der Waals surface area contributed by atoms with Gasteiger partial charge in [0.25, 0.3) is 5.91 Å². The molecule has 2 fully saturated rings. The van der Waals surface area contributed by atoms with E-state index in [2.05, 4.69) is 83.1 Å². The first kappa shape index (κ1) is 28.6. The molecule has 0 atom stereocenters. The Morgan fingerprint density at radius 1 is 0.927 bits per heavy atom. The monoisotopic (exact) mass is 546 g/mol. The van der Waals surface area contributed by atoms with Gasteiger partial charge in [-0.2, -0.15) is 5.26 Å². The minimum atomic E-state index is -0.0401. The summed E-state index contributed by atoms with van der Waals surface area (Å²) in [6.45, 7) is 9.22. The first-order valence-corrected chi connectivity index (χ1v) is 15.2. The lowest BCUT2D eigenvalue weighted by Crippen LogP contribution is -2.47. The molecule has 1 aliphatic heterocycles. The number of amides is 1. The molecule has 1 saturated carbocycles. The number of anilines is 1. The van der Waals surface area contributed by atoms with E-state index in [1.165, 1.54) is 17.5 Å². The number of piperazine rings is 1. The van der Waals surface area contributed by atoms with Crippen LogP contribution in [-0.2, 0) is 0 Å². The van der Waals surface area contributed by atoms with Crippen molar-refractivity contribution in [1.29, 1.82) is 5.26 Å². The predicted molar refractivity (Wildman–Crippen MR) is 167 cm³/mol. The van der Waals surface area contributed by atoms with Crippen LogP contribution in [0.4, 0.5) is 5.69 Å². The van der Waals surface area contributed by atoms with E-state index in [0.29, 0.717) is 23.6 Å². The Kier molecular flexibility index (Phi) is 9.88. The van der Waals surface area contributed by atoms with Crippen LogP contribution in [0.15, 0.2) is 91.5 Å². The molecule has 1 amide bonds. The van der Waals surface area contributed by atoms with Crippen LogP contribution < -0.4 is 4.90 Å². The summed E-state index contributed by atoms with van der Waals surface area (Å²) in [7, 11) is 0. The van der Waals surface area contributed by atoms with Crippen molar-refractivity contribution in [3.05, 3.63) is 114 Å². The molecule has 0 N–H and O–H groups in total. The Bertz CT molecular complexity index is 1280. The highest BCUT2D eigenvalue weighted by Gasteiger charge is 2.28. The zero-order valence-electron chi connectivity index (χ0n) is 24.1. The van der Waals surface area contributed by atoms with Crippen molar-refractivity contribution < 1.29 is 4.79 Å². The van der Waals surface area contributed by atoms with Gasteiger partial charge in [0.05, 0.1) is 17.2 Å². The SMILES string of the molecule is C=CCN(C(=O)c1cc(N2CCN(CCC(c3ccccc3)c3ccccc3)CC2)ccc1C#N)C1CCCCC1. The van der Waals surface area contributed by atoms with Crippen molar-refractivity contribution in [3.63, 3.8) is 0 Å². The molecule has 3 aromatic carbocycles. The lowest BCUT2D eigenvalue weighted by molar-refractivity contribution is 0.0662. The van der Waals surface area contributed by atoms with E-state index in [1.54, 1.807) is 0 Å². The van der Waals surface area contributed by atoms with Crippen LogP contribution >= 0.6 is 0 Å². The Hall–Kier alpha value is -3.88. The molecular formula is C36H42N4O. The summed E-state index contributed by atoms with van der Waals surface area (Å²) in [6.07, 6.45) is 8.47. The number of nitrogens with zero attached hydrogens (tertiary/aromatic N) is 4. The fourth-order valence-electron chi connectivity index (χ4n) is 6.53. The molecule has 5 rings (SSSR count). The largest absolute Gasteiger partial charge is 0.369 e. The molecule has 0 radical (unpaired) electrons. The molecule has 5 nitrogen and oxygen atoms in total. The van der Waals surface area contributed by atoms with Crippen molar-refractivity contribution in [3.8, 4) is 6.07 Å². The number of rotatable bonds is 10. The zero-order valence-corrected chi connectivity index (χ0v) is 24.1. The molecule has 0 spiro atoms. The van der Waals surface area contributed by atoms with Crippen LogP contribution in [0.25, 0.3) is 0 Å². The molecule has 212 valence electrons. The van der Waals surface area contributed by atoms with Gasteiger partial charge in [-0.15, -0.1) is 6.58 Å². The van der Waals surface area contributed by atoms with Crippen LogP contribution in [-0.4, -0.2) is 61.0 Å². The zero-order chi connectivity index (χ0) is 28.4. The van der Waals surface area contributed by atoms with E-state index in [9.17, 15) is 10.1 Å². The molecule has 0 bridgehead atoms. The third-order valence-corrected chi connectivity index (χ3v) is 8.83. The first-order chi connectivity index (χ1) is 20.2. The molecule has 5 heteroatoms. The van der Waals surface area contributed by atoms with Crippen LogP contribution in [0.3, 0.4) is 0 Å². The summed E-state index contributed by atoms with van der Waals surface area (Å²) >= 11 is 0. The standard InChI is InChI=1S/C36H42N4O/c1-2-21-40(32-16-10-5-11-17-32)36(41)35-27-33(19-18-31(35)28-37)39-25-23-38(24-26-39)22-20-34(29-12-6-3-7-13-29)30-14-8-4-9-15-30/h2-4,6-9,12-15,18-19,27,32,34H,1,5,10-11,16-17,20-26H2. The summed E-state index contributed by atoms with van der Waals surface area (Å²) < 4.78 is 0.